The molecule has 2 aromatic rings. The fraction of sp³-hybridized carbons (Fsp3) is 0.316. The van der Waals surface area contributed by atoms with Gasteiger partial charge in [-0.25, -0.2) is 0 Å². The smallest absolute Gasteiger partial charge is 0.257 e. The van der Waals surface area contributed by atoms with Crippen molar-refractivity contribution in [3.05, 3.63) is 52.8 Å². The van der Waals surface area contributed by atoms with Crippen molar-refractivity contribution in [2.24, 2.45) is 0 Å². The van der Waals surface area contributed by atoms with Crippen molar-refractivity contribution in [1.29, 1.82) is 0 Å². The molecule has 0 aliphatic carbocycles. The van der Waals surface area contributed by atoms with E-state index in [2.05, 4.69) is 15.2 Å². The molecule has 0 atom stereocenters. The molecule has 2 heterocycles. The molecule has 6 nitrogen and oxygen atoms in total. The van der Waals surface area contributed by atoms with Crippen LogP contribution in [0.15, 0.2) is 36.7 Å². The van der Waals surface area contributed by atoms with Crippen LogP contribution in [0, 0.1) is 6.92 Å². The minimum absolute atomic E-state index is 0.0906. The van der Waals surface area contributed by atoms with Crippen molar-refractivity contribution in [3.8, 4) is 0 Å². The molecular formula is C19H21ClN4O2. The molecule has 1 N–H and O–H groups in total. The van der Waals surface area contributed by atoms with E-state index in [0.29, 0.717) is 29.4 Å². The van der Waals surface area contributed by atoms with Gasteiger partial charge >= 0.3 is 0 Å². The van der Waals surface area contributed by atoms with Crippen molar-refractivity contribution in [2.45, 2.75) is 13.8 Å². The van der Waals surface area contributed by atoms with Crippen LogP contribution in [0.5, 0.6) is 0 Å². The monoisotopic (exact) mass is 372 g/mol. The van der Waals surface area contributed by atoms with Crippen LogP contribution in [-0.4, -0.2) is 47.9 Å². The first-order valence-electron chi connectivity index (χ1n) is 8.47. The Balaban J connectivity index is 1.72. The average molecular weight is 373 g/mol. The van der Waals surface area contributed by atoms with Crippen molar-refractivity contribution in [3.63, 3.8) is 0 Å². The van der Waals surface area contributed by atoms with Crippen LogP contribution in [0.3, 0.4) is 0 Å². The average Bonchev–Trinajstić information content (AvgIpc) is 2.65. The van der Waals surface area contributed by atoms with Crippen molar-refractivity contribution >= 4 is 34.8 Å². The predicted octanol–water partition coefficient (Wildman–Crippen LogP) is 2.96. The van der Waals surface area contributed by atoms with Crippen LogP contribution in [0.2, 0.25) is 5.02 Å². The molecule has 0 saturated carbocycles. The first kappa shape index (κ1) is 18.2. The first-order chi connectivity index (χ1) is 12.5. The fourth-order valence-corrected chi connectivity index (χ4v) is 3.12. The first-order valence-corrected chi connectivity index (χ1v) is 8.85. The summed E-state index contributed by atoms with van der Waals surface area (Å²) in [6.07, 6.45) is 3.29. The van der Waals surface area contributed by atoms with Crippen LogP contribution in [0.1, 0.15) is 22.8 Å². The highest BCUT2D eigenvalue weighted by Gasteiger charge is 2.20. The van der Waals surface area contributed by atoms with Gasteiger partial charge < -0.3 is 15.1 Å². The second-order valence-corrected chi connectivity index (χ2v) is 6.70. The molecule has 136 valence electrons. The number of aromatic nitrogens is 1. The number of hydrogen-bond donors (Lipinski definition) is 1. The maximum atomic E-state index is 12.6. The summed E-state index contributed by atoms with van der Waals surface area (Å²) in [4.78, 5) is 32.2. The Bertz CT molecular complexity index is 832. The number of nitrogens with zero attached hydrogens (tertiary/aromatic N) is 3. The second kappa shape index (κ2) is 7.74. The Morgan fingerprint density at radius 1 is 1.15 bits per heavy atom. The highest BCUT2D eigenvalue weighted by atomic mass is 35.5. The summed E-state index contributed by atoms with van der Waals surface area (Å²) in [7, 11) is 0. The van der Waals surface area contributed by atoms with Crippen molar-refractivity contribution in [2.75, 3.05) is 36.4 Å². The van der Waals surface area contributed by atoms with E-state index in [9.17, 15) is 9.59 Å². The van der Waals surface area contributed by atoms with Gasteiger partial charge in [0.2, 0.25) is 5.91 Å². The lowest BCUT2D eigenvalue weighted by molar-refractivity contribution is -0.129. The molecule has 0 unspecified atom stereocenters. The van der Waals surface area contributed by atoms with Gasteiger partial charge in [0.15, 0.2) is 0 Å². The summed E-state index contributed by atoms with van der Waals surface area (Å²) >= 11 is 6.11. The summed E-state index contributed by atoms with van der Waals surface area (Å²) in [5, 5.41) is 3.49. The van der Waals surface area contributed by atoms with Gasteiger partial charge in [-0.05, 0) is 30.7 Å². The van der Waals surface area contributed by atoms with Crippen LogP contribution < -0.4 is 10.2 Å². The van der Waals surface area contributed by atoms with Gasteiger partial charge in [-0.1, -0.05) is 17.7 Å². The van der Waals surface area contributed by atoms with Crippen LogP contribution >= 0.6 is 11.6 Å². The Morgan fingerprint density at radius 2 is 1.88 bits per heavy atom. The Hall–Kier alpha value is -2.60. The Morgan fingerprint density at radius 3 is 2.58 bits per heavy atom. The number of halogens is 1. The second-order valence-electron chi connectivity index (χ2n) is 6.29. The Labute approximate surface area is 157 Å². The number of amides is 2. The molecule has 1 aliphatic rings. The van der Waals surface area contributed by atoms with E-state index in [1.807, 2.05) is 24.0 Å². The standard InChI is InChI=1S/C19H21ClN4O2/c1-13-17(20)4-3-5-18(13)22-19(26)15-10-16(12-21-11-15)24-8-6-23(7-9-24)14(2)25/h3-5,10-12H,6-9H2,1-2H3,(H,22,26). The summed E-state index contributed by atoms with van der Waals surface area (Å²) in [5.41, 5.74) is 2.87. The zero-order valence-electron chi connectivity index (χ0n) is 14.8. The fourth-order valence-electron chi connectivity index (χ4n) is 2.94. The maximum absolute atomic E-state index is 12.6. The molecule has 1 aromatic heterocycles. The van der Waals surface area contributed by atoms with E-state index in [1.165, 1.54) is 0 Å². The molecule has 1 aliphatic heterocycles. The number of pyridine rings is 1. The SMILES string of the molecule is CC(=O)N1CCN(c2cncc(C(=O)Nc3cccc(Cl)c3C)c2)CC1. The number of hydrogen-bond acceptors (Lipinski definition) is 4. The topological polar surface area (TPSA) is 65.5 Å². The molecule has 2 amide bonds. The number of nitrogens with one attached hydrogen (secondary N) is 1. The summed E-state index contributed by atoms with van der Waals surface area (Å²) in [5.74, 6) is -0.139. The van der Waals surface area contributed by atoms with Gasteiger partial charge in [0.25, 0.3) is 5.91 Å². The van der Waals surface area contributed by atoms with E-state index >= 15 is 0 Å². The molecule has 7 heteroatoms. The van der Waals surface area contributed by atoms with Gasteiger partial charge in [-0.3, -0.25) is 14.6 Å². The minimum atomic E-state index is -0.230. The molecular weight excluding hydrogens is 352 g/mol. The molecule has 1 fully saturated rings. The lowest BCUT2D eigenvalue weighted by Crippen LogP contribution is -2.48. The number of anilines is 2. The third-order valence-electron chi connectivity index (χ3n) is 4.59. The zero-order valence-corrected chi connectivity index (χ0v) is 15.6. The number of rotatable bonds is 3. The zero-order chi connectivity index (χ0) is 18.7. The quantitative estimate of drug-likeness (QED) is 0.899. The third kappa shape index (κ3) is 3.96. The summed E-state index contributed by atoms with van der Waals surface area (Å²) < 4.78 is 0. The minimum Gasteiger partial charge on any atom is -0.367 e. The van der Waals surface area contributed by atoms with Crippen molar-refractivity contribution in [1.82, 2.24) is 9.88 Å². The highest BCUT2D eigenvalue weighted by Crippen LogP contribution is 2.24. The van der Waals surface area contributed by atoms with E-state index in [0.717, 1.165) is 24.3 Å². The normalized spacial score (nSPS) is 14.3. The number of piperazine rings is 1. The largest absolute Gasteiger partial charge is 0.367 e. The third-order valence-corrected chi connectivity index (χ3v) is 5.00. The maximum Gasteiger partial charge on any atom is 0.257 e. The Kier molecular flexibility index (Phi) is 5.42. The van der Waals surface area contributed by atoms with Crippen LogP contribution in [0.25, 0.3) is 0 Å². The molecule has 1 saturated heterocycles. The highest BCUT2D eigenvalue weighted by molar-refractivity contribution is 6.31. The van der Waals surface area contributed by atoms with Crippen molar-refractivity contribution < 1.29 is 9.59 Å². The lowest BCUT2D eigenvalue weighted by atomic mass is 10.1. The molecule has 3 rings (SSSR count). The van der Waals surface area contributed by atoms with E-state index in [-0.39, 0.29) is 11.8 Å². The van der Waals surface area contributed by atoms with Gasteiger partial charge in [0.1, 0.15) is 0 Å². The van der Waals surface area contributed by atoms with Gasteiger partial charge in [-0.15, -0.1) is 0 Å². The lowest BCUT2D eigenvalue weighted by Gasteiger charge is -2.35. The van der Waals surface area contributed by atoms with Gasteiger partial charge in [0, 0.05) is 50.0 Å². The van der Waals surface area contributed by atoms with E-state index < -0.39 is 0 Å². The molecule has 0 bridgehead atoms. The molecule has 0 spiro atoms. The van der Waals surface area contributed by atoms with E-state index in [4.69, 9.17) is 11.6 Å². The molecule has 1 aromatic carbocycles. The summed E-state index contributed by atoms with van der Waals surface area (Å²) in [6.45, 7) is 6.24. The summed E-state index contributed by atoms with van der Waals surface area (Å²) in [6, 6.07) is 7.23. The van der Waals surface area contributed by atoms with Gasteiger partial charge in [0.05, 0.1) is 17.4 Å². The molecule has 0 radical (unpaired) electrons. The number of carbonyl (C=O) groups is 2. The van der Waals surface area contributed by atoms with Crippen LogP contribution in [-0.2, 0) is 4.79 Å². The number of benzene rings is 1. The van der Waals surface area contributed by atoms with Crippen LogP contribution in [0.4, 0.5) is 11.4 Å². The predicted molar refractivity (Wildman–Crippen MR) is 103 cm³/mol. The molecule has 26 heavy (non-hydrogen) atoms. The number of carbonyl (C=O) groups excluding carboxylic acids is 2. The van der Waals surface area contributed by atoms with Gasteiger partial charge in [-0.2, -0.15) is 0 Å². The van der Waals surface area contributed by atoms with E-state index in [1.54, 1.807) is 31.5 Å².